The first-order chi connectivity index (χ1) is 14.2. The predicted octanol–water partition coefficient (Wildman–Crippen LogP) is 4.03. The second-order valence-corrected chi connectivity index (χ2v) is 9.37. The Morgan fingerprint density at radius 3 is 2.48 bits per heavy atom. The number of aromatic nitrogens is 3. The Morgan fingerprint density at radius 1 is 0.966 bits per heavy atom. The zero-order valence-corrected chi connectivity index (χ0v) is 16.5. The van der Waals surface area contributed by atoms with Crippen molar-refractivity contribution in [3.8, 4) is 0 Å². The minimum absolute atomic E-state index is 0.0633. The van der Waals surface area contributed by atoms with Gasteiger partial charge in [-0.1, -0.05) is 47.7 Å². The van der Waals surface area contributed by atoms with Crippen molar-refractivity contribution in [2.24, 2.45) is 23.7 Å². The molecular formula is C24H26N4O. The van der Waals surface area contributed by atoms with Gasteiger partial charge in [-0.15, -0.1) is 5.10 Å². The molecule has 1 N–H and O–H groups in total. The molecule has 4 fully saturated rings. The van der Waals surface area contributed by atoms with Crippen LogP contribution in [-0.2, 0) is 6.54 Å². The fourth-order valence-corrected chi connectivity index (χ4v) is 6.47. The molecule has 3 aromatic rings. The number of amides is 1. The molecule has 7 rings (SSSR count). The zero-order chi connectivity index (χ0) is 19.4. The third kappa shape index (κ3) is 3.04. The van der Waals surface area contributed by atoms with Crippen molar-refractivity contribution in [1.82, 2.24) is 20.3 Å². The average molecular weight is 386 g/mol. The molecule has 0 spiro atoms. The SMILES string of the molecule is O=C(NC1C2CC3CC(C2)CC1C3)c1cn(Cc2cccc3ccccc23)nn1. The zero-order valence-electron chi connectivity index (χ0n) is 16.5. The Labute approximate surface area is 170 Å². The van der Waals surface area contributed by atoms with E-state index in [9.17, 15) is 4.79 Å². The van der Waals surface area contributed by atoms with Crippen molar-refractivity contribution >= 4 is 16.7 Å². The number of nitrogens with one attached hydrogen (secondary N) is 1. The molecule has 0 saturated heterocycles. The minimum atomic E-state index is -0.0633. The number of hydrogen-bond acceptors (Lipinski definition) is 3. The molecule has 2 aromatic carbocycles. The first kappa shape index (κ1) is 17.2. The number of fused-ring (bicyclic) bond motifs is 1. The normalized spacial score (nSPS) is 30.0. The molecule has 4 aliphatic rings. The van der Waals surface area contributed by atoms with Crippen molar-refractivity contribution in [3.05, 3.63) is 59.9 Å². The number of benzene rings is 2. The van der Waals surface area contributed by atoms with Crippen LogP contribution in [0.1, 0.15) is 48.2 Å². The fraction of sp³-hybridized carbons (Fsp3) is 0.458. The minimum Gasteiger partial charge on any atom is -0.347 e. The van der Waals surface area contributed by atoms with Crippen LogP contribution in [0.2, 0.25) is 0 Å². The van der Waals surface area contributed by atoms with Crippen LogP contribution in [0, 0.1) is 23.7 Å². The van der Waals surface area contributed by atoms with Gasteiger partial charge in [0.05, 0.1) is 12.7 Å². The molecule has 29 heavy (non-hydrogen) atoms. The Hall–Kier alpha value is -2.69. The molecule has 0 radical (unpaired) electrons. The highest BCUT2D eigenvalue weighted by Crippen LogP contribution is 2.53. The Kier molecular flexibility index (Phi) is 3.96. The largest absolute Gasteiger partial charge is 0.347 e. The Balaban J connectivity index is 1.18. The molecule has 1 heterocycles. The molecule has 4 aliphatic carbocycles. The van der Waals surface area contributed by atoms with Crippen molar-refractivity contribution in [2.75, 3.05) is 0 Å². The fourth-order valence-electron chi connectivity index (χ4n) is 6.47. The van der Waals surface area contributed by atoms with Gasteiger partial charge in [-0.25, -0.2) is 4.68 Å². The summed E-state index contributed by atoms with van der Waals surface area (Å²) in [5.41, 5.74) is 1.61. The van der Waals surface area contributed by atoms with E-state index >= 15 is 0 Å². The maximum atomic E-state index is 12.9. The first-order valence-corrected chi connectivity index (χ1v) is 10.9. The number of nitrogens with zero attached hydrogens (tertiary/aromatic N) is 3. The Bertz CT molecular complexity index is 1040. The van der Waals surface area contributed by atoms with Crippen LogP contribution in [0.3, 0.4) is 0 Å². The number of carbonyl (C=O) groups excluding carboxylic acids is 1. The molecule has 5 heteroatoms. The summed E-state index contributed by atoms with van der Waals surface area (Å²) in [7, 11) is 0. The van der Waals surface area contributed by atoms with Gasteiger partial charge < -0.3 is 5.32 Å². The summed E-state index contributed by atoms with van der Waals surface area (Å²) < 4.78 is 1.77. The van der Waals surface area contributed by atoms with E-state index in [1.807, 2.05) is 6.07 Å². The second kappa shape index (κ2) is 6.68. The standard InChI is InChI=1S/C24H26N4O/c29-24(25-23-19-9-15-8-16(11-19)12-20(23)10-15)22-14-28(27-26-22)13-18-6-3-5-17-4-1-2-7-21(17)18/h1-7,14-16,19-20,23H,8-13H2,(H,25,29). The average Bonchev–Trinajstić information content (AvgIpc) is 3.19. The number of rotatable bonds is 4. The van der Waals surface area contributed by atoms with Gasteiger partial charge in [0.1, 0.15) is 0 Å². The van der Waals surface area contributed by atoms with E-state index in [0.29, 0.717) is 30.1 Å². The van der Waals surface area contributed by atoms with Crippen LogP contribution in [0.15, 0.2) is 48.7 Å². The van der Waals surface area contributed by atoms with Crippen LogP contribution < -0.4 is 5.32 Å². The lowest BCUT2D eigenvalue weighted by molar-refractivity contribution is -0.0120. The lowest BCUT2D eigenvalue weighted by Crippen LogP contribution is -2.55. The smallest absolute Gasteiger partial charge is 0.273 e. The lowest BCUT2D eigenvalue weighted by Gasteiger charge is -2.54. The van der Waals surface area contributed by atoms with E-state index in [-0.39, 0.29) is 5.91 Å². The molecule has 1 aromatic heterocycles. The van der Waals surface area contributed by atoms with Crippen LogP contribution in [0.4, 0.5) is 0 Å². The van der Waals surface area contributed by atoms with E-state index in [2.05, 4.69) is 52.0 Å². The Morgan fingerprint density at radius 2 is 1.69 bits per heavy atom. The van der Waals surface area contributed by atoms with Crippen molar-refractivity contribution in [2.45, 2.75) is 44.7 Å². The van der Waals surface area contributed by atoms with Gasteiger partial charge >= 0.3 is 0 Å². The van der Waals surface area contributed by atoms with Crippen molar-refractivity contribution < 1.29 is 4.79 Å². The van der Waals surface area contributed by atoms with Gasteiger partial charge in [0.2, 0.25) is 0 Å². The van der Waals surface area contributed by atoms with E-state index < -0.39 is 0 Å². The summed E-state index contributed by atoms with van der Waals surface area (Å²) in [5.74, 6) is 3.09. The molecule has 0 aliphatic heterocycles. The van der Waals surface area contributed by atoms with Gasteiger partial charge in [-0.2, -0.15) is 0 Å². The lowest BCUT2D eigenvalue weighted by atomic mass is 9.54. The van der Waals surface area contributed by atoms with E-state index in [1.165, 1.54) is 48.4 Å². The van der Waals surface area contributed by atoms with Gasteiger partial charge in [0.25, 0.3) is 5.91 Å². The summed E-state index contributed by atoms with van der Waals surface area (Å²) in [5, 5.41) is 14.2. The van der Waals surface area contributed by atoms with Gasteiger partial charge in [0.15, 0.2) is 5.69 Å². The monoisotopic (exact) mass is 386 g/mol. The molecule has 148 valence electrons. The maximum Gasteiger partial charge on any atom is 0.273 e. The van der Waals surface area contributed by atoms with Crippen LogP contribution in [0.25, 0.3) is 10.8 Å². The van der Waals surface area contributed by atoms with Gasteiger partial charge in [0, 0.05) is 6.04 Å². The quantitative estimate of drug-likeness (QED) is 0.736. The van der Waals surface area contributed by atoms with E-state index in [4.69, 9.17) is 0 Å². The summed E-state index contributed by atoms with van der Waals surface area (Å²) in [6.07, 6.45) is 8.40. The number of carbonyl (C=O) groups is 1. The van der Waals surface area contributed by atoms with E-state index in [0.717, 1.165) is 11.8 Å². The maximum absolute atomic E-state index is 12.9. The third-order valence-electron chi connectivity index (χ3n) is 7.51. The molecule has 0 atom stereocenters. The highest BCUT2D eigenvalue weighted by atomic mass is 16.2. The van der Waals surface area contributed by atoms with Crippen LogP contribution in [-0.4, -0.2) is 26.9 Å². The van der Waals surface area contributed by atoms with Gasteiger partial charge in [-0.3, -0.25) is 4.79 Å². The molecule has 1 amide bonds. The molecular weight excluding hydrogens is 360 g/mol. The second-order valence-electron chi connectivity index (χ2n) is 9.37. The predicted molar refractivity (Wildman–Crippen MR) is 111 cm³/mol. The summed E-state index contributed by atoms with van der Waals surface area (Å²) >= 11 is 0. The van der Waals surface area contributed by atoms with Crippen LogP contribution >= 0.6 is 0 Å². The van der Waals surface area contributed by atoms with E-state index in [1.54, 1.807) is 10.9 Å². The van der Waals surface area contributed by atoms with Crippen LogP contribution in [0.5, 0.6) is 0 Å². The van der Waals surface area contributed by atoms with Crippen molar-refractivity contribution in [3.63, 3.8) is 0 Å². The topological polar surface area (TPSA) is 59.8 Å². The summed E-state index contributed by atoms with van der Waals surface area (Å²) in [6.45, 7) is 0.611. The third-order valence-corrected chi connectivity index (χ3v) is 7.51. The first-order valence-electron chi connectivity index (χ1n) is 10.9. The summed E-state index contributed by atoms with van der Waals surface area (Å²) in [4.78, 5) is 12.9. The number of hydrogen-bond donors (Lipinski definition) is 1. The summed E-state index contributed by atoms with van der Waals surface area (Å²) in [6, 6.07) is 15.0. The molecule has 4 saturated carbocycles. The molecule has 0 unspecified atom stereocenters. The van der Waals surface area contributed by atoms with Crippen molar-refractivity contribution in [1.29, 1.82) is 0 Å². The van der Waals surface area contributed by atoms with Gasteiger partial charge in [-0.05, 0) is 72.1 Å². The highest BCUT2D eigenvalue weighted by Gasteiger charge is 2.48. The molecule has 5 nitrogen and oxygen atoms in total. The molecule has 4 bridgehead atoms. The highest BCUT2D eigenvalue weighted by molar-refractivity contribution is 5.92.